The first kappa shape index (κ1) is 19.4. The summed E-state index contributed by atoms with van der Waals surface area (Å²) in [4.78, 5) is 14.9. The summed E-state index contributed by atoms with van der Waals surface area (Å²) in [5, 5.41) is 1.20. The molecule has 0 unspecified atom stereocenters. The van der Waals surface area contributed by atoms with Crippen molar-refractivity contribution in [1.29, 1.82) is 0 Å². The molecule has 1 aliphatic rings. The summed E-state index contributed by atoms with van der Waals surface area (Å²) >= 11 is 0. The number of hydrogen-bond donors (Lipinski definition) is 0. The van der Waals surface area contributed by atoms with Gasteiger partial charge in [-0.05, 0) is 48.2 Å². The van der Waals surface area contributed by atoms with Gasteiger partial charge in [-0.3, -0.25) is 4.79 Å². The Morgan fingerprint density at radius 2 is 1.59 bits per heavy atom. The van der Waals surface area contributed by atoms with Crippen LogP contribution in [0.1, 0.15) is 42.3 Å². The van der Waals surface area contributed by atoms with Crippen molar-refractivity contribution in [1.82, 2.24) is 0 Å². The molecule has 1 atom stereocenters. The molecule has 4 nitrogen and oxygen atoms in total. The maximum Gasteiger partial charge on any atom is 0.258 e. The summed E-state index contributed by atoms with van der Waals surface area (Å²) in [5.74, 6) is -0.293. The fraction of sp³-hybridized carbons (Fsp3) is 0.318. The number of sulfone groups is 1. The molecule has 27 heavy (non-hydrogen) atoms. The molecule has 0 N–H and O–H groups in total. The van der Waals surface area contributed by atoms with Gasteiger partial charge in [0.05, 0.1) is 11.8 Å². The second kappa shape index (κ2) is 6.97. The van der Waals surface area contributed by atoms with Crippen LogP contribution >= 0.6 is 0 Å². The van der Waals surface area contributed by atoms with Gasteiger partial charge in [-0.1, -0.05) is 50.6 Å². The smallest absolute Gasteiger partial charge is 0.258 e. The van der Waals surface area contributed by atoms with Crippen molar-refractivity contribution in [2.45, 2.75) is 39.2 Å². The molecule has 0 radical (unpaired) electrons. The normalized spacial score (nSPS) is 18.4. The average molecular weight is 384 g/mol. The van der Waals surface area contributed by atoms with E-state index in [9.17, 15) is 13.2 Å². The van der Waals surface area contributed by atoms with Gasteiger partial charge >= 0.3 is 0 Å². The number of amides is 1. The summed E-state index contributed by atoms with van der Waals surface area (Å²) in [6.45, 7) is 8.34. The first-order valence-corrected chi connectivity index (χ1v) is 10.7. The highest BCUT2D eigenvalue weighted by Crippen LogP contribution is 2.27. The Balaban J connectivity index is 1.98. The van der Waals surface area contributed by atoms with Crippen molar-refractivity contribution in [2.75, 3.05) is 10.7 Å². The molecule has 1 amide bonds. The Labute approximate surface area is 161 Å². The number of carbonyl (C=O) groups excluding carboxylic acids is 1. The van der Waals surface area contributed by atoms with Gasteiger partial charge in [0, 0.05) is 16.7 Å². The molecule has 0 saturated carbocycles. The highest BCUT2D eigenvalue weighted by Gasteiger charge is 2.32. The molecule has 0 spiro atoms. The topological polar surface area (TPSA) is 54.5 Å². The van der Waals surface area contributed by atoms with Crippen molar-refractivity contribution >= 4 is 21.4 Å². The molecular formula is C22H25NO3S. The van der Waals surface area contributed by atoms with Gasteiger partial charge in [0.1, 0.15) is 0 Å². The minimum absolute atomic E-state index is 0.000486. The quantitative estimate of drug-likeness (QED) is 0.796. The van der Waals surface area contributed by atoms with E-state index < -0.39 is 15.9 Å². The van der Waals surface area contributed by atoms with Crippen LogP contribution in [0.25, 0.3) is 0 Å². The minimum atomic E-state index is -3.27. The zero-order chi connectivity index (χ0) is 19.8. The van der Waals surface area contributed by atoms with Crippen LogP contribution < -0.4 is 4.90 Å². The highest BCUT2D eigenvalue weighted by atomic mass is 32.2. The summed E-state index contributed by atoms with van der Waals surface area (Å²) in [6, 6.07) is 14.6. The fourth-order valence-corrected chi connectivity index (χ4v) is 4.40. The molecule has 0 aliphatic carbocycles. The van der Waals surface area contributed by atoms with E-state index in [0.29, 0.717) is 11.3 Å². The Morgan fingerprint density at radius 1 is 1.00 bits per heavy atom. The lowest BCUT2D eigenvalue weighted by atomic mass is 9.86. The predicted octanol–water partition coefficient (Wildman–Crippen LogP) is 4.25. The molecule has 0 fully saturated rings. The fourth-order valence-electron chi connectivity index (χ4n) is 3.14. The third-order valence-corrected chi connectivity index (χ3v) is 6.15. The van der Waals surface area contributed by atoms with Crippen molar-refractivity contribution in [3.63, 3.8) is 0 Å². The molecule has 1 heterocycles. The maximum atomic E-state index is 13.3. The Kier molecular flexibility index (Phi) is 5.00. The number of anilines is 1. The minimum Gasteiger partial charge on any atom is -0.300 e. The van der Waals surface area contributed by atoms with E-state index in [1.807, 2.05) is 55.5 Å². The monoisotopic (exact) mass is 383 g/mol. The van der Waals surface area contributed by atoms with Crippen LogP contribution in [0.4, 0.5) is 5.69 Å². The molecule has 1 aliphatic heterocycles. The van der Waals surface area contributed by atoms with Crippen molar-refractivity contribution in [2.24, 2.45) is 0 Å². The number of nitrogens with zero attached hydrogens (tertiary/aromatic N) is 1. The zero-order valence-corrected chi connectivity index (χ0v) is 17.0. The SMILES string of the molecule is Cc1ccc(N(C(=O)c2ccc(C(C)(C)C)cc2)[C@H]2C=CS(=O)(=O)C2)cc1. The van der Waals surface area contributed by atoms with E-state index >= 15 is 0 Å². The molecule has 0 aromatic heterocycles. The summed E-state index contributed by atoms with van der Waals surface area (Å²) < 4.78 is 23.8. The lowest BCUT2D eigenvalue weighted by molar-refractivity contribution is 0.0983. The van der Waals surface area contributed by atoms with Crippen LogP contribution in [0.2, 0.25) is 0 Å². The molecule has 2 aromatic carbocycles. The van der Waals surface area contributed by atoms with Gasteiger partial charge in [-0.25, -0.2) is 8.42 Å². The van der Waals surface area contributed by atoms with Gasteiger partial charge in [0.25, 0.3) is 5.91 Å². The zero-order valence-electron chi connectivity index (χ0n) is 16.1. The molecular weight excluding hydrogens is 358 g/mol. The van der Waals surface area contributed by atoms with Crippen molar-refractivity contribution in [3.05, 3.63) is 76.7 Å². The molecule has 2 aromatic rings. The molecule has 142 valence electrons. The lowest BCUT2D eigenvalue weighted by Gasteiger charge is -2.28. The van der Waals surface area contributed by atoms with Crippen LogP contribution in [0.15, 0.2) is 60.0 Å². The highest BCUT2D eigenvalue weighted by molar-refractivity contribution is 7.94. The van der Waals surface area contributed by atoms with Gasteiger partial charge in [0.15, 0.2) is 9.84 Å². The lowest BCUT2D eigenvalue weighted by Crippen LogP contribution is -2.41. The van der Waals surface area contributed by atoms with Crippen LogP contribution in [0, 0.1) is 6.92 Å². The number of carbonyl (C=O) groups is 1. The second-order valence-corrected chi connectivity index (χ2v) is 9.99. The summed E-state index contributed by atoms with van der Waals surface area (Å²) in [6.07, 6.45) is 1.59. The molecule has 0 bridgehead atoms. The van der Waals surface area contributed by atoms with Crippen molar-refractivity contribution < 1.29 is 13.2 Å². The van der Waals surface area contributed by atoms with Crippen LogP contribution in [-0.2, 0) is 15.3 Å². The van der Waals surface area contributed by atoms with Crippen molar-refractivity contribution in [3.8, 4) is 0 Å². The van der Waals surface area contributed by atoms with E-state index in [1.165, 1.54) is 5.41 Å². The third-order valence-electron chi connectivity index (χ3n) is 4.77. The standard InChI is InChI=1S/C22H25NO3S/c1-16-5-11-19(12-6-16)23(20-13-14-27(25,26)15-20)21(24)17-7-9-18(10-8-17)22(2,3)4/h5-14,20H,15H2,1-4H3/t20-/m0/s1. The molecule has 5 heteroatoms. The number of rotatable bonds is 3. The van der Waals surface area contributed by atoms with Gasteiger partial charge < -0.3 is 4.90 Å². The van der Waals surface area contributed by atoms with E-state index in [2.05, 4.69) is 20.8 Å². The van der Waals surface area contributed by atoms with Gasteiger partial charge in [0.2, 0.25) is 0 Å². The maximum absolute atomic E-state index is 13.3. The molecule has 3 rings (SSSR count). The van der Waals surface area contributed by atoms with Crippen LogP contribution in [0.5, 0.6) is 0 Å². The summed E-state index contributed by atoms with van der Waals surface area (Å²) in [7, 11) is -3.27. The van der Waals surface area contributed by atoms with Crippen LogP contribution in [0.3, 0.4) is 0 Å². The Hall–Kier alpha value is -2.40. The van der Waals surface area contributed by atoms with Gasteiger partial charge in [-0.2, -0.15) is 0 Å². The molecule has 0 saturated heterocycles. The number of hydrogen-bond acceptors (Lipinski definition) is 3. The Morgan fingerprint density at radius 3 is 2.07 bits per heavy atom. The van der Waals surface area contributed by atoms with Gasteiger partial charge in [-0.15, -0.1) is 0 Å². The number of benzene rings is 2. The summed E-state index contributed by atoms with van der Waals surface area (Å²) in [5.41, 5.74) is 3.46. The van der Waals surface area contributed by atoms with Crippen LogP contribution in [-0.4, -0.2) is 26.1 Å². The van der Waals surface area contributed by atoms with E-state index in [4.69, 9.17) is 0 Å². The van der Waals surface area contributed by atoms with E-state index in [1.54, 1.807) is 11.0 Å². The first-order valence-electron chi connectivity index (χ1n) is 8.98. The van der Waals surface area contributed by atoms with E-state index in [0.717, 1.165) is 11.1 Å². The third kappa shape index (κ3) is 4.30. The average Bonchev–Trinajstić information content (AvgIpc) is 2.95. The Bertz CT molecular complexity index is 966. The predicted molar refractivity (Wildman–Crippen MR) is 110 cm³/mol. The largest absolute Gasteiger partial charge is 0.300 e. The van der Waals surface area contributed by atoms with E-state index in [-0.39, 0.29) is 17.1 Å². The first-order chi connectivity index (χ1) is 12.6. The second-order valence-electron chi connectivity index (χ2n) is 8.06. The number of aryl methyl sites for hydroxylation is 1.